The van der Waals surface area contributed by atoms with Gasteiger partial charge in [0.2, 0.25) is 5.91 Å². The van der Waals surface area contributed by atoms with Crippen molar-refractivity contribution in [1.29, 1.82) is 0 Å². The molecule has 26 heavy (non-hydrogen) atoms. The van der Waals surface area contributed by atoms with Crippen LogP contribution in [0.1, 0.15) is 18.4 Å². The number of esters is 1. The van der Waals surface area contributed by atoms with Crippen LogP contribution in [-0.2, 0) is 25.5 Å². The first-order valence-electron chi connectivity index (χ1n) is 8.97. The van der Waals surface area contributed by atoms with Gasteiger partial charge in [-0.2, -0.15) is 0 Å². The van der Waals surface area contributed by atoms with Crippen LogP contribution >= 0.6 is 0 Å². The summed E-state index contributed by atoms with van der Waals surface area (Å²) in [5, 5.41) is 0. The van der Waals surface area contributed by atoms with Crippen LogP contribution in [0, 0.1) is 5.82 Å². The second-order valence-corrected chi connectivity index (χ2v) is 6.32. The Labute approximate surface area is 153 Å². The predicted molar refractivity (Wildman–Crippen MR) is 95.2 cm³/mol. The molecule has 0 aliphatic carbocycles. The van der Waals surface area contributed by atoms with Crippen molar-refractivity contribution in [1.82, 2.24) is 9.80 Å². The number of rotatable bonds is 9. The number of halogens is 1. The number of benzene rings is 1. The van der Waals surface area contributed by atoms with E-state index in [-0.39, 0.29) is 30.5 Å². The zero-order valence-electron chi connectivity index (χ0n) is 15.3. The maximum Gasteiger partial charge on any atom is 0.307 e. The molecule has 1 heterocycles. The lowest BCUT2D eigenvalue weighted by Crippen LogP contribution is -2.40. The smallest absolute Gasteiger partial charge is 0.307 e. The fraction of sp³-hybridized carbons (Fsp3) is 0.579. The molecule has 0 radical (unpaired) electrons. The van der Waals surface area contributed by atoms with E-state index in [1.54, 1.807) is 17.0 Å². The van der Waals surface area contributed by atoms with Crippen molar-refractivity contribution >= 4 is 11.9 Å². The molecule has 7 heteroatoms. The molecule has 1 amide bonds. The molecule has 1 fully saturated rings. The molecule has 6 nitrogen and oxygen atoms in total. The molecule has 1 aliphatic rings. The van der Waals surface area contributed by atoms with Crippen molar-refractivity contribution in [3.8, 4) is 0 Å². The van der Waals surface area contributed by atoms with E-state index < -0.39 is 0 Å². The van der Waals surface area contributed by atoms with E-state index in [1.165, 1.54) is 19.2 Å². The second kappa shape index (κ2) is 10.9. The molecule has 1 aliphatic heterocycles. The highest BCUT2D eigenvalue weighted by atomic mass is 19.1. The number of hydrogen-bond acceptors (Lipinski definition) is 5. The zero-order chi connectivity index (χ0) is 18.8. The lowest BCUT2D eigenvalue weighted by Gasteiger charge is -2.28. The summed E-state index contributed by atoms with van der Waals surface area (Å²) in [5.74, 6) is -0.727. The van der Waals surface area contributed by atoms with Crippen LogP contribution in [0.25, 0.3) is 0 Å². The fourth-order valence-corrected chi connectivity index (χ4v) is 2.89. The molecule has 0 aromatic heterocycles. The van der Waals surface area contributed by atoms with Gasteiger partial charge in [0, 0.05) is 32.7 Å². The van der Waals surface area contributed by atoms with Gasteiger partial charge in [-0.3, -0.25) is 14.5 Å². The summed E-state index contributed by atoms with van der Waals surface area (Å²) >= 11 is 0. The monoisotopic (exact) mass is 366 g/mol. The number of hydrogen-bond donors (Lipinski definition) is 0. The van der Waals surface area contributed by atoms with Crippen LogP contribution in [-0.4, -0.2) is 74.7 Å². The summed E-state index contributed by atoms with van der Waals surface area (Å²) in [4.78, 5) is 28.1. The maximum atomic E-state index is 13.0. The Balaban J connectivity index is 1.86. The minimum atomic E-state index is -0.335. The van der Waals surface area contributed by atoms with Gasteiger partial charge in [-0.25, -0.2) is 4.39 Å². The summed E-state index contributed by atoms with van der Waals surface area (Å²) in [6, 6.07) is 5.92. The molecule has 0 saturated carbocycles. The second-order valence-electron chi connectivity index (χ2n) is 6.32. The van der Waals surface area contributed by atoms with Crippen molar-refractivity contribution in [3.63, 3.8) is 0 Å². The average molecular weight is 366 g/mol. The predicted octanol–water partition coefficient (Wildman–Crippen LogP) is 1.48. The highest BCUT2D eigenvalue weighted by Crippen LogP contribution is 2.08. The van der Waals surface area contributed by atoms with Crippen molar-refractivity contribution < 1.29 is 23.5 Å². The van der Waals surface area contributed by atoms with Crippen molar-refractivity contribution in [2.45, 2.75) is 19.3 Å². The van der Waals surface area contributed by atoms with Gasteiger partial charge in [0.05, 0.1) is 33.2 Å². The Morgan fingerprint density at radius 3 is 2.54 bits per heavy atom. The summed E-state index contributed by atoms with van der Waals surface area (Å²) in [6.07, 6.45) is 1.19. The lowest BCUT2D eigenvalue weighted by atomic mass is 10.1. The van der Waals surface area contributed by atoms with E-state index in [9.17, 15) is 14.0 Å². The molecule has 2 rings (SSSR count). The highest BCUT2D eigenvalue weighted by molar-refractivity contribution is 5.79. The normalized spacial score (nSPS) is 14.8. The van der Waals surface area contributed by atoms with Crippen LogP contribution < -0.4 is 0 Å². The van der Waals surface area contributed by atoms with Crippen LogP contribution in [0.3, 0.4) is 0 Å². The molecule has 0 N–H and O–H groups in total. The van der Waals surface area contributed by atoms with Gasteiger partial charge in [-0.15, -0.1) is 0 Å². The number of carbonyl (C=O) groups is 2. The van der Waals surface area contributed by atoms with E-state index in [4.69, 9.17) is 4.74 Å². The fourth-order valence-electron chi connectivity index (χ4n) is 2.89. The Morgan fingerprint density at radius 2 is 1.88 bits per heavy atom. The van der Waals surface area contributed by atoms with Gasteiger partial charge in [-0.1, -0.05) is 12.1 Å². The van der Waals surface area contributed by atoms with Gasteiger partial charge in [0.15, 0.2) is 0 Å². The largest absolute Gasteiger partial charge is 0.469 e. The number of carbonyl (C=O) groups excluding carboxylic acids is 2. The van der Waals surface area contributed by atoms with Crippen LogP contribution in [0.4, 0.5) is 4.39 Å². The lowest BCUT2D eigenvalue weighted by molar-refractivity contribution is -0.141. The van der Waals surface area contributed by atoms with E-state index in [1.807, 2.05) is 0 Å². The SMILES string of the molecule is COC(=O)CCN(CCCN1CCOCC1)C(=O)Cc1ccc(F)cc1. The van der Waals surface area contributed by atoms with Crippen molar-refractivity contribution in [2.75, 3.05) is 53.0 Å². The third-order valence-electron chi connectivity index (χ3n) is 4.44. The first-order valence-corrected chi connectivity index (χ1v) is 8.97. The van der Waals surface area contributed by atoms with Crippen LogP contribution in [0.5, 0.6) is 0 Å². The molecule has 144 valence electrons. The average Bonchev–Trinajstić information content (AvgIpc) is 2.66. The Bertz CT molecular complexity index is 573. The standard InChI is InChI=1S/C19H27FN2O4/c1-25-19(24)7-10-22(9-2-8-21-11-13-26-14-12-21)18(23)15-16-3-5-17(20)6-4-16/h3-6H,2,7-15H2,1H3. The first kappa shape index (κ1) is 20.3. The zero-order valence-corrected chi connectivity index (χ0v) is 15.3. The van der Waals surface area contributed by atoms with E-state index in [2.05, 4.69) is 9.64 Å². The minimum absolute atomic E-state index is 0.0671. The van der Waals surface area contributed by atoms with Gasteiger partial charge < -0.3 is 14.4 Å². The highest BCUT2D eigenvalue weighted by Gasteiger charge is 2.17. The number of nitrogens with zero attached hydrogens (tertiary/aromatic N) is 2. The molecule has 0 bridgehead atoms. The molecular formula is C19H27FN2O4. The number of ether oxygens (including phenoxy) is 2. The summed E-state index contributed by atoms with van der Waals surface area (Å²) in [6.45, 7) is 5.11. The van der Waals surface area contributed by atoms with Crippen LogP contribution in [0.2, 0.25) is 0 Å². The first-order chi connectivity index (χ1) is 12.6. The number of amides is 1. The van der Waals surface area contributed by atoms with Crippen LogP contribution in [0.15, 0.2) is 24.3 Å². The van der Waals surface area contributed by atoms with Crippen molar-refractivity contribution in [3.05, 3.63) is 35.6 Å². The van der Waals surface area contributed by atoms with Gasteiger partial charge in [0.25, 0.3) is 0 Å². The Hall–Kier alpha value is -1.99. The molecule has 1 saturated heterocycles. The van der Waals surface area contributed by atoms with Gasteiger partial charge in [-0.05, 0) is 24.1 Å². The maximum absolute atomic E-state index is 13.0. The molecule has 0 unspecified atom stereocenters. The molecular weight excluding hydrogens is 339 g/mol. The summed E-state index contributed by atoms with van der Waals surface area (Å²) in [5.41, 5.74) is 0.757. The quantitative estimate of drug-likeness (QED) is 0.620. The third kappa shape index (κ3) is 7.09. The van der Waals surface area contributed by atoms with E-state index in [0.29, 0.717) is 13.1 Å². The molecule has 0 spiro atoms. The molecule has 1 aromatic rings. The van der Waals surface area contributed by atoms with E-state index in [0.717, 1.165) is 44.8 Å². The van der Waals surface area contributed by atoms with Crippen molar-refractivity contribution in [2.24, 2.45) is 0 Å². The number of methoxy groups -OCH3 is 1. The number of morpholine rings is 1. The Morgan fingerprint density at radius 1 is 1.19 bits per heavy atom. The topological polar surface area (TPSA) is 59.1 Å². The van der Waals surface area contributed by atoms with Gasteiger partial charge >= 0.3 is 5.97 Å². The molecule has 0 atom stereocenters. The summed E-state index contributed by atoms with van der Waals surface area (Å²) in [7, 11) is 1.34. The summed E-state index contributed by atoms with van der Waals surface area (Å²) < 4.78 is 23.0. The molecule has 1 aromatic carbocycles. The van der Waals surface area contributed by atoms with Gasteiger partial charge in [0.1, 0.15) is 5.82 Å². The Kier molecular flexibility index (Phi) is 8.50. The minimum Gasteiger partial charge on any atom is -0.469 e. The van der Waals surface area contributed by atoms with E-state index >= 15 is 0 Å². The third-order valence-corrected chi connectivity index (χ3v) is 4.44.